The van der Waals surface area contributed by atoms with E-state index in [4.69, 9.17) is 0 Å². The molecule has 9 aromatic rings. The highest BCUT2D eigenvalue weighted by Gasteiger charge is 2.39. The zero-order valence-corrected chi connectivity index (χ0v) is 33.8. The number of fused-ring (bicyclic) bond motifs is 9. The van der Waals surface area contributed by atoms with Crippen molar-refractivity contribution in [2.75, 3.05) is 4.90 Å². The van der Waals surface area contributed by atoms with Crippen molar-refractivity contribution in [3.63, 3.8) is 0 Å². The van der Waals surface area contributed by atoms with Crippen molar-refractivity contribution in [1.29, 1.82) is 0 Å². The maximum Gasteiger partial charge on any atom is 0.0552 e. The first kappa shape index (κ1) is 34.1. The van der Waals surface area contributed by atoms with Crippen LogP contribution in [0.1, 0.15) is 49.9 Å². The van der Waals surface area contributed by atoms with E-state index < -0.39 is 0 Å². The molecule has 0 unspecified atom stereocenters. The average molecular weight is 754 g/mol. The van der Waals surface area contributed by atoms with Crippen LogP contribution in [0, 0.1) is 0 Å². The van der Waals surface area contributed by atoms with E-state index >= 15 is 0 Å². The summed E-state index contributed by atoms with van der Waals surface area (Å²) >= 11 is 0. The molecule has 3 aliphatic rings. The first-order chi connectivity index (χ1) is 28.8. The van der Waals surface area contributed by atoms with Crippen molar-refractivity contribution >= 4 is 27.8 Å². The summed E-state index contributed by atoms with van der Waals surface area (Å²) in [6.07, 6.45) is 0. The molecule has 1 heteroatoms. The average Bonchev–Trinajstić information content (AvgIpc) is 3.82. The highest BCUT2D eigenvalue weighted by Crippen LogP contribution is 2.60. The Balaban J connectivity index is 1.21. The van der Waals surface area contributed by atoms with Gasteiger partial charge in [0.15, 0.2) is 0 Å². The normalized spacial score (nSPS) is 14.4. The highest BCUT2D eigenvalue weighted by molar-refractivity contribution is 6.23. The zero-order chi connectivity index (χ0) is 39.6. The predicted molar refractivity (Wildman–Crippen MR) is 249 cm³/mol. The van der Waals surface area contributed by atoms with Gasteiger partial charge < -0.3 is 4.90 Å². The molecule has 0 heterocycles. The Hall–Kier alpha value is -6.96. The first-order valence-electron chi connectivity index (χ1n) is 20.9. The molecule has 1 nitrogen and oxygen atoms in total. The monoisotopic (exact) mass is 753 g/mol. The molecule has 0 atom stereocenters. The Kier molecular flexibility index (Phi) is 7.10. The van der Waals surface area contributed by atoms with Gasteiger partial charge in [0, 0.05) is 33.3 Å². The lowest BCUT2D eigenvalue weighted by Gasteiger charge is -2.33. The molecule has 0 spiro atoms. The van der Waals surface area contributed by atoms with Crippen LogP contribution >= 0.6 is 0 Å². The van der Waals surface area contributed by atoms with Crippen LogP contribution in [-0.2, 0) is 10.8 Å². The van der Waals surface area contributed by atoms with Crippen molar-refractivity contribution in [3.05, 3.63) is 210 Å². The quantitative estimate of drug-likeness (QED) is 0.169. The third-order valence-corrected chi connectivity index (χ3v) is 13.8. The Morgan fingerprint density at radius 2 is 0.780 bits per heavy atom. The summed E-state index contributed by atoms with van der Waals surface area (Å²) in [4.78, 5) is 2.58. The van der Waals surface area contributed by atoms with E-state index in [1.807, 2.05) is 0 Å². The Bertz CT molecular complexity index is 3090. The second-order valence-corrected chi connectivity index (χ2v) is 17.6. The molecule has 0 N–H and O–H groups in total. The fraction of sp³-hybridized carbons (Fsp3) is 0.103. The first-order valence-corrected chi connectivity index (χ1v) is 20.9. The minimum atomic E-state index is -0.151. The maximum absolute atomic E-state index is 2.58. The summed E-state index contributed by atoms with van der Waals surface area (Å²) in [5, 5.41) is 2.60. The van der Waals surface area contributed by atoms with E-state index in [1.165, 1.54) is 105 Å². The van der Waals surface area contributed by atoms with E-state index in [-0.39, 0.29) is 10.8 Å². The predicted octanol–water partition coefficient (Wildman–Crippen LogP) is 15.9. The molecule has 3 aliphatic carbocycles. The van der Waals surface area contributed by atoms with Gasteiger partial charge in [0.2, 0.25) is 0 Å². The molecule has 280 valence electrons. The second-order valence-electron chi connectivity index (χ2n) is 17.6. The van der Waals surface area contributed by atoms with Gasteiger partial charge in [-0.2, -0.15) is 0 Å². The smallest absolute Gasteiger partial charge is 0.0552 e. The van der Waals surface area contributed by atoms with Gasteiger partial charge in [-0.25, -0.2) is 0 Å². The summed E-state index contributed by atoms with van der Waals surface area (Å²) in [5.74, 6) is 0. The lowest BCUT2D eigenvalue weighted by Crippen LogP contribution is -2.18. The van der Waals surface area contributed by atoms with Crippen LogP contribution in [-0.4, -0.2) is 0 Å². The van der Waals surface area contributed by atoms with Crippen LogP contribution in [0.4, 0.5) is 17.1 Å². The second kappa shape index (κ2) is 12.3. The lowest BCUT2D eigenvalue weighted by atomic mass is 9.81. The number of anilines is 3. The Morgan fingerprint density at radius 1 is 0.322 bits per heavy atom. The zero-order valence-electron chi connectivity index (χ0n) is 33.8. The SMILES string of the molecule is CC1(C)c2ccccc2-c2ccc(N(c3ccc4c(c3)C(C)(C)c3ccccc3-4)c3cc(-c4ccccc4)c4c(c3-c3ccccc3)-c3cccc5cccc-4c35)cc21. The number of rotatable bonds is 5. The van der Waals surface area contributed by atoms with Gasteiger partial charge in [0.05, 0.1) is 5.69 Å². The standard InChI is InChI=1S/C58H43N/c1-57(2)48-27-13-11-23-41(48)43-31-29-39(33-50(43)57)59(40-30-32-44-42-24-12-14-28-49(42)58(3,4)51(44)34-40)52-35-47(36-17-7-5-8-18-36)55-45-25-15-21-37-22-16-26-46(53(37)45)56(55)54(52)38-19-9-6-10-20-38/h5-35H,1-4H3. The van der Waals surface area contributed by atoms with Gasteiger partial charge in [0.25, 0.3) is 0 Å². The van der Waals surface area contributed by atoms with Crippen molar-refractivity contribution in [2.24, 2.45) is 0 Å². The molecule has 0 saturated carbocycles. The number of nitrogens with zero attached hydrogens (tertiary/aromatic N) is 1. The van der Waals surface area contributed by atoms with Gasteiger partial charge in [-0.1, -0.05) is 185 Å². The lowest BCUT2D eigenvalue weighted by molar-refractivity contribution is 0.660. The van der Waals surface area contributed by atoms with Gasteiger partial charge in [-0.3, -0.25) is 0 Å². The molecule has 0 bridgehead atoms. The van der Waals surface area contributed by atoms with Gasteiger partial charge in [-0.05, 0) is 119 Å². The topological polar surface area (TPSA) is 3.24 Å². The van der Waals surface area contributed by atoms with Gasteiger partial charge in [-0.15, -0.1) is 0 Å². The van der Waals surface area contributed by atoms with Crippen LogP contribution in [0.25, 0.3) is 77.5 Å². The molecule has 0 aliphatic heterocycles. The molecular formula is C58H43N. The number of hydrogen-bond acceptors (Lipinski definition) is 1. The fourth-order valence-corrected chi connectivity index (χ4v) is 11.0. The van der Waals surface area contributed by atoms with Crippen molar-refractivity contribution in [3.8, 4) is 66.8 Å². The summed E-state index contributed by atoms with van der Waals surface area (Å²) in [5.41, 5.74) is 24.1. The minimum Gasteiger partial charge on any atom is -0.310 e. The molecule has 9 aromatic carbocycles. The number of benzene rings is 9. The molecule has 12 rings (SSSR count). The maximum atomic E-state index is 2.58. The molecule has 59 heavy (non-hydrogen) atoms. The molecule has 0 saturated heterocycles. The van der Waals surface area contributed by atoms with Crippen LogP contribution in [0.5, 0.6) is 0 Å². The van der Waals surface area contributed by atoms with E-state index in [9.17, 15) is 0 Å². The highest BCUT2D eigenvalue weighted by atomic mass is 15.1. The van der Waals surface area contributed by atoms with E-state index in [0.717, 1.165) is 11.4 Å². The molecule has 0 fully saturated rings. The minimum absolute atomic E-state index is 0.151. The van der Waals surface area contributed by atoms with Gasteiger partial charge in [0.1, 0.15) is 0 Å². The fourth-order valence-electron chi connectivity index (χ4n) is 11.0. The number of hydrogen-bond donors (Lipinski definition) is 0. The molecule has 0 aromatic heterocycles. The molecular weight excluding hydrogens is 711 g/mol. The van der Waals surface area contributed by atoms with E-state index in [0.29, 0.717) is 0 Å². The Morgan fingerprint density at radius 3 is 1.34 bits per heavy atom. The summed E-state index contributed by atoms with van der Waals surface area (Å²) < 4.78 is 0. The largest absolute Gasteiger partial charge is 0.310 e. The third kappa shape index (κ3) is 4.73. The van der Waals surface area contributed by atoms with E-state index in [2.05, 4.69) is 221 Å². The van der Waals surface area contributed by atoms with E-state index in [1.54, 1.807) is 0 Å². The summed E-state index contributed by atoms with van der Waals surface area (Å²) in [6.45, 7) is 9.54. The summed E-state index contributed by atoms with van der Waals surface area (Å²) in [7, 11) is 0. The molecule has 0 amide bonds. The van der Waals surface area contributed by atoms with Crippen LogP contribution < -0.4 is 4.90 Å². The van der Waals surface area contributed by atoms with Crippen molar-refractivity contribution < 1.29 is 0 Å². The third-order valence-electron chi connectivity index (χ3n) is 13.8. The van der Waals surface area contributed by atoms with Crippen LogP contribution in [0.2, 0.25) is 0 Å². The van der Waals surface area contributed by atoms with Crippen LogP contribution in [0.3, 0.4) is 0 Å². The summed E-state index contributed by atoms with van der Waals surface area (Å²) in [6, 6.07) is 70.7. The molecule has 0 radical (unpaired) electrons. The Labute approximate surface area is 346 Å². The van der Waals surface area contributed by atoms with Crippen molar-refractivity contribution in [2.45, 2.75) is 38.5 Å². The van der Waals surface area contributed by atoms with Crippen LogP contribution in [0.15, 0.2) is 188 Å². The van der Waals surface area contributed by atoms with Crippen molar-refractivity contribution in [1.82, 2.24) is 0 Å². The van der Waals surface area contributed by atoms with Gasteiger partial charge >= 0.3 is 0 Å².